The molecule has 16 heavy (non-hydrogen) atoms. The van der Waals surface area contributed by atoms with Crippen molar-refractivity contribution in [3.8, 4) is 0 Å². The van der Waals surface area contributed by atoms with Crippen molar-refractivity contribution in [2.75, 3.05) is 19.6 Å². The first-order valence-electron chi connectivity index (χ1n) is 6.59. The van der Waals surface area contributed by atoms with Gasteiger partial charge in [-0.2, -0.15) is 0 Å². The molecular formula is C13H26N2O. The Morgan fingerprint density at radius 2 is 1.81 bits per heavy atom. The second-order valence-corrected chi connectivity index (χ2v) is 5.17. The van der Waals surface area contributed by atoms with Gasteiger partial charge in [0, 0.05) is 19.6 Å². The van der Waals surface area contributed by atoms with E-state index < -0.39 is 0 Å². The summed E-state index contributed by atoms with van der Waals surface area (Å²) >= 11 is 0. The first-order chi connectivity index (χ1) is 7.59. The Balaban J connectivity index is 2.68. The summed E-state index contributed by atoms with van der Waals surface area (Å²) in [5.74, 6) is 1.05. The summed E-state index contributed by atoms with van der Waals surface area (Å²) in [6.07, 6.45) is 3.98. The lowest BCUT2D eigenvalue weighted by atomic mass is 9.80. The average molecular weight is 226 g/mol. The van der Waals surface area contributed by atoms with Crippen molar-refractivity contribution in [2.45, 2.75) is 46.5 Å². The third-order valence-electron chi connectivity index (χ3n) is 4.27. The van der Waals surface area contributed by atoms with Crippen LogP contribution in [0.3, 0.4) is 0 Å². The zero-order chi connectivity index (χ0) is 12.2. The van der Waals surface area contributed by atoms with Crippen LogP contribution in [0.1, 0.15) is 46.5 Å². The maximum absolute atomic E-state index is 12.5. The quantitative estimate of drug-likeness (QED) is 0.797. The van der Waals surface area contributed by atoms with Gasteiger partial charge in [-0.15, -0.1) is 0 Å². The molecule has 0 radical (unpaired) electrons. The average Bonchev–Trinajstić information content (AvgIpc) is 2.33. The fraction of sp³-hybridized carbons (Fsp3) is 0.923. The molecule has 1 heterocycles. The van der Waals surface area contributed by atoms with E-state index in [1.807, 2.05) is 4.90 Å². The fourth-order valence-electron chi connectivity index (χ4n) is 2.48. The molecule has 0 atom stereocenters. The van der Waals surface area contributed by atoms with Crippen LogP contribution in [0.5, 0.6) is 0 Å². The molecule has 0 bridgehead atoms. The molecule has 3 heteroatoms. The summed E-state index contributed by atoms with van der Waals surface area (Å²) in [4.78, 5) is 14.5. The van der Waals surface area contributed by atoms with Crippen LogP contribution in [0.4, 0.5) is 0 Å². The van der Waals surface area contributed by atoms with Crippen molar-refractivity contribution in [1.82, 2.24) is 4.90 Å². The molecule has 0 aliphatic carbocycles. The van der Waals surface area contributed by atoms with E-state index in [4.69, 9.17) is 5.73 Å². The van der Waals surface area contributed by atoms with Crippen molar-refractivity contribution in [3.05, 3.63) is 0 Å². The second-order valence-electron chi connectivity index (χ2n) is 5.17. The molecule has 0 saturated carbocycles. The van der Waals surface area contributed by atoms with Crippen LogP contribution in [-0.4, -0.2) is 30.4 Å². The van der Waals surface area contributed by atoms with Crippen molar-refractivity contribution in [2.24, 2.45) is 17.1 Å². The Bertz CT molecular complexity index is 220. The molecule has 3 nitrogen and oxygen atoms in total. The number of nitrogens with two attached hydrogens (primary N) is 1. The van der Waals surface area contributed by atoms with Crippen molar-refractivity contribution < 1.29 is 4.79 Å². The Morgan fingerprint density at radius 1 is 1.31 bits per heavy atom. The Hall–Kier alpha value is -0.570. The molecule has 0 spiro atoms. The van der Waals surface area contributed by atoms with E-state index in [2.05, 4.69) is 20.8 Å². The fourth-order valence-corrected chi connectivity index (χ4v) is 2.48. The smallest absolute Gasteiger partial charge is 0.230 e. The van der Waals surface area contributed by atoms with Crippen LogP contribution in [0.25, 0.3) is 0 Å². The summed E-state index contributed by atoms with van der Waals surface area (Å²) in [5, 5.41) is 0. The van der Waals surface area contributed by atoms with Gasteiger partial charge in [-0.25, -0.2) is 0 Å². The third kappa shape index (κ3) is 2.57. The van der Waals surface area contributed by atoms with Gasteiger partial charge in [0.05, 0.1) is 5.41 Å². The predicted octanol–water partition coefficient (Wildman–Crippen LogP) is 2.01. The second kappa shape index (κ2) is 5.67. The standard InChI is InChI=1S/C13H26N2O/c1-4-13(5-2,10-14)12(16)15-8-6-11(3)7-9-15/h11H,4-10,14H2,1-3H3. The van der Waals surface area contributed by atoms with Crippen LogP contribution < -0.4 is 5.73 Å². The highest BCUT2D eigenvalue weighted by Gasteiger charge is 2.37. The topological polar surface area (TPSA) is 46.3 Å². The zero-order valence-corrected chi connectivity index (χ0v) is 11.0. The molecule has 94 valence electrons. The van der Waals surface area contributed by atoms with Gasteiger partial charge in [-0.1, -0.05) is 20.8 Å². The number of piperidine rings is 1. The van der Waals surface area contributed by atoms with Crippen LogP contribution >= 0.6 is 0 Å². The van der Waals surface area contributed by atoms with E-state index in [0.29, 0.717) is 6.54 Å². The Kier molecular flexibility index (Phi) is 4.78. The minimum atomic E-state index is -0.305. The van der Waals surface area contributed by atoms with E-state index in [1.165, 1.54) is 0 Å². The van der Waals surface area contributed by atoms with E-state index >= 15 is 0 Å². The molecule has 2 N–H and O–H groups in total. The molecule has 1 amide bonds. The minimum Gasteiger partial charge on any atom is -0.342 e. The van der Waals surface area contributed by atoms with E-state index in [-0.39, 0.29) is 11.3 Å². The van der Waals surface area contributed by atoms with Gasteiger partial charge in [0.1, 0.15) is 0 Å². The molecule has 0 aromatic heterocycles. The number of amides is 1. The lowest BCUT2D eigenvalue weighted by Gasteiger charge is -2.38. The van der Waals surface area contributed by atoms with Crippen LogP contribution in [-0.2, 0) is 4.79 Å². The highest BCUT2D eigenvalue weighted by Crippen LogP contribution is 2.29. The number of nitrogens with zero attached hydrogens (tertiary/aromatic N) is 1. The van der Waals surface area contributed by atoms with Crippen molar-refractivity contribution in [1.29, 1.82) is 0 Å². The van der Waals surface area contributed by atoms with E-state index in [1.54, 1.807) is 0 Å². The van der Waals surface area contributed by atoms with Crippen LogP contribution in [0.2, 0.25) is 0 Å². The minimum absolute atomic E-state index is 0.284. The molecule has 1 rings (SSSR count). The Morgan fingerprint density at radius 3 is 2.19 bits per heavy atom. The normalized spacial score (nSPS) is 18.9. The first kappa shape index (κ1) is 13.5. The van der Waals surface area contributed by atoms with Gasteiger partial charge < -0.3 is 10.6 Å². The maximum atomic E-state index is 12.5. The van der Waals surface area contributed by atoms with Crippen molar-refractivity contribution >= 4 is 5.91 Å². The molecule has 1 aliphatic heterocycles. The number of rotatable bonds is 4. The number of hydrogen-bond acceptors (Lipinski definition) is 2. The molecule has 1 aliphatic rings. The van der Waals surface area contributed by atoms with Gasteiger partial charge in [0.25, 0.3) is 0 Å². The molecule has 0 unspecified atom stereocenters. The van der Waals surface area contributed by atoms with E-state index in [9.17, 15) is 4.79 Å². The summed E-state index contributed by atoms with van der Waals surface area (Å²) in [5.41, 5.74) is 5.51. The van der Waals surface area contributed by atoms with Gasteiger partial charge in [-0.05, 0) is 31.6 Å². The first-order valence-corrected chi connectivity index (χ1v) is 6.59. The van der Waals surface area contributed by atoms with Crippen LogP contribution in [0.15, 0.2) is 0 Å². The van der Waals surface area contributed by atoms with E-state index in [0.717, 1.165) is 44.7 Å². The number of hydrogen-bond donors (Lipinski definition) is 1. The largest absolute Gasteiger partial charge is 0.342 e. The molecule has 1 saturated heterocycles. The van der Waals surface area contributed by atoms with Gasteiger partial charge in [-0.3, -0.25) is 4.79 Å². The summed E-state index contributed by atoms with van der Waals surface area (Å²) in [7, 11) is 0. The lowest BCUT2D eigenvalue weighted by molar-refractivity contribution is -0.143. The number of likely N-dealkylation sites (tertiary alicyclic amines) is 1. The monoisotopic (exact) mass is 226 g/mol. The number of carbonyl (C=O) groups is 1. The molecule has 0 aromatic rings. The summed E-state index contributed by atoms with van der Waals surface area (Å²) in [6.45, 7) is 8.72. The molecule has 0 aromatic carbocycles. The van der Waals surface area contributed by atoms with Gasteiger partial charge in [0.15, 0.2) is 0 Å². The Labute approximate surface area is 99.4 Å². The lowest BCUT2D eigenvalue weighted by Crippen LogP contribution is -2.49. The highest BCUT2D eigenvalue weighted by atomic mass is 16.2. The van der Waals surface area contributed by atoms with Gasteiger partial charge in [0.2, 0.25) is 5.91 Å². The third-order valence-corrected chi connectivity index (χ3v) is 4.27. The SMILES string of the molecule is CCC(CC)(CN)C(=O)N1CCC(C)CC1. The van der Waals surface area contributed by atoms with Crippen molar-refractivity contribution in [3.63, 3.8) is 0 Å². The summed E-state index contributed by atoms with van der Waals surface area (Å²) < 4.78 is 0. The zero-order valence-electron chi connectivity index (χ0n) is 11.0. The van der Waals surface area contributed by atoms with Gasteiger partial charge >= 0.3 is 0 Å². The molecule has 1 fully saturated rings. The number of carbonyl (C=O) groups excluding carboxylic acids is 1. The predicted molar refractivity (Wildman–Crippen MR) is 67.0 cm³/mol. The summed E-state index contributed by atoms with van der Waals surface area (Å²) in [6, 6.07) is 0. The molecular weight excluding hydrogens is 200 g/mol. The van der Waals surface area contributed by atoms with Crippen LogP contribution in [0, 0.1) is 11.3 Å². The highest BCUT2D eigenvalue weighted by molar-refractivity contribution is 5.83. The maximum Gasteiger partial charge on any atom is 0.230 e.